The number of benzene rings is 1. The van der Waals surface area contributed by atoms with E-state index in [1.54, 1.807) is 22.6 Å². The predicted molar refractivity (Wildman–Crippen MR) is 97.7 cm³/mol. The van der Waals surface area contributed by atoms with Crippen molar-refractivity contribution < 1.29 is 0 Å². The molecule has 0 atom stereocenters. The van der Waals surface area contributed by atoms with E-state index in [9.17, 15) is 0 Å². The third-order valence-corrected chi connectivity index (χ3v) is 4.36. The van der Waals surface area contributed by atoms with E-state index in [2.05, 4.69) is 35.6 Å². The van der Waals surface area contributed by atoms with Gasteiger partial charge >= 0.3 is 0 Å². The summed E-state index contributed by atoms with van der Waals surface area (Å²) in [6, 6.07) is 7.42. The molecule has 4 rings (SSSR count). The molecule has 126 valence electrons. The fourth-order valence-electron chi connectivity index (χ4n) is 2.35. The number of rotatable bonds is 5. The van der Waals surface area contributed by atoms with E-state index < -0.39 is 0 Å². The number of halogens is 1. The number of anilines is 2. The zero-order chi connectivity index (χ0) is 17.2. The number of nitrogens with one attached hydrogen (secondary N) is 2. The summed E-state index contributed by atoms with van der Waals surface area (Å²) in [7, 11) is 0. The van der Waals surface area contributed by atoms with Gasteiger partial charge in [0.25, 0.3) is 0 Å². The van der Waals surface area contributed by atoms with Crippen LogP contribution in [0.3, 0.4) is 0 Å². The Morgan fingerprint density at radius 2 is 2.24 bits per heavy atom. The molecule has 0 aliphatic rings. The lowest BCUT2D eigenvalue weighted by Crippen LogP contribution is -2.00. The van der Waals surface area contributed by atoms with Crippen LogP contribution in [-0.2, 0) is 0 Å². The van der Waals surface area contributed by atoms with Crippen molar-refractivity contribution in [3.05, 3.63) is 41.8 Å². The van der Waals surface area contributed by atoms with E-state index in [-0.39, 0.29) is 0 Å². The molecule has 0 saturated heterocycles. The highest BCUT2D eigenvalue weighted by atomic mass is 35.5. The highest BCUT2D eigenvalue weighted by Crippen LogP contribution is 2.25. The molecule has 0 unspecified atom stereocenters. The van der Waals surface area contributed by atoms with Crippen LogP contribution in [0.15, 0.2) is 41.9 Å². The lowest BCUT2D eigenvalue weighted by Gasteiger charge is -2.05. The van der Waals surface area contributed by atoms with E-state index in [0.29, 0.717) is 27.6 Å². The van der Waals surface area contributed by atoms with Crippen LogP contribution in [0.25, 0.3) is 16.7 Å². The molecule has 10 heteroatoms. The van der Waals surface area contributed by atoms with Crippen LogP contribution in [0.2, 0.25) is 5.02 Å². The first-order valence-corrected chi connectivity index (χ1v) is 8.88. The summed E-state index contributed by atoms with van der Waals surface area (Å²) >= 11 is 7.63. The second kappa shape index (κ2) is 6.69. The fraction of sp³-hybridized carbons (Fsp3) is 0.133. The number of hydrogen-bond acceptors (Lipinski definition) is 7. The van der Waals surface area contributed by atoms with Crippen LogP contribution in [0, 0.1) is 0 Å². The summed E-state index contributed by atoms with van der Waals surface area (Å²) in [6.07, 6.45) is 3.18. The summed E-state index contributed by atoms with van der Waals surface area (Å²) in [5.41, 5.74) is 1.50. The second-order valence-electron chi connectivity index (χ2n) is 5.02. The van der Waals surface area contributed by atoms with Crippen LogP contribution in [-0.4, -0.2) is 40.7 Å². The Kier molecular flexibility index (Phi) is 4.24. The predicted octanol–water partition coefficient (Wildman–Crippen LogP) is 3.44. The van der Waals surface area contributed by atoms with E-state index in [4.69, 9.17) is 11.6 Å². The normalized spacial score (nSPS) is 11.1. The average Bonchev–Trinajstić information content (AvgIpc) is 3.23. The zero-order valence-electron chi connectivity index (χ0n) is 13.1. The number of hydrogen-bond donors (Lipinski definition) is 2. The fourth-order valence-corrected chi connectivity index (χ4v) is 3.06. The lowest BCUT2D eigenvalue weighted by atomic mass is 10.3. The van der Waals surface area contributed by atoms with E-state index in [0.717, 1.165) is 16.8 Å². The van der Waals surface area contributed by atoms with Gasteiger partial charge in [-0.25, -0.2) is 19.7 Å². The largest absolute Gasteiger partial charge is 0.308 e. The molecule has 0 radical (unpaired) electrons. The Bertz CT molecular complexity index is 1030. The number of aromatic amines is 1. The van der Waals surface area contributed by atoms with Gasteiger partial charge in [0, 0.05) is 5.02 Å². The first-order valence-electron chi connectivity index (χ1n) is 7.51. The monoisotopic (exact) mass is 372 g/mol. The number of fused-ring (bicyclic) bond motifs is 1. The van der Waals surface area contributed by atoms with Crippen LogP contribution in [0.5, 0.6) is 0 Å². The van der Waals surface area contributed by atoms with E-state index >= 15 is 0 Å². The van der Waals surface area contributed by atoms with Crippen LogP contribution >= 0.6 is 23.4 Å². The van der Waals surface area contributed by atoms with Crippen molar-refractivity contribution in [2.75, 3.05) is 11.1 Å². The maximum absolute atomic E-state index is 6.07. The quantitative estimate of drug-likeness (QED) is 0.518. The van der Waals surface area contributed by atoms with Crippen molar-refractivity contribution in [3.63, 3.8) is 0 Å². The zero-order valence-corrected chi connectivity index (χ0v) is 14.7. The summed E-state index contributed by atoms with van der Waals surface area (Å²) in [5, 5.41) is 16.6. The molecule has 0 saturated carbocycles. The van der Waals surface area contributed by atoms with Crippen LogP contribution in [0.4, 0.5) is 11.8 Å². The highest BCUT2D eigenvalue weighted by Gasteiger charge is 2.13. The van der Waals surface area contributed by atoms with Crippen LogP contribution < -0.4 is 5.32 Å². The summed E-state index contributed by atoms with van der Waals surface area (Å²) in [5.74, 6) is 2.02. The van der Waals surface area contributed by atoms with E-state index in [1.165, 1.54) is 6.33 Å². The Hall–Kier alpha value is -2.65. The van der Waals surface area contributed by atoms with Gasteiger partial charge < -0.3 is 5.32 Å². The summed E-state index contributed by atoms with van der Waals surface area (Å²) in [4.78, 5) is 13.0. The SMILES string of the molecule is CCSc1n[nH]c(Nc2ncnc3c2cnn3-c2cccc(Cl)c2)n1. The molecule has 25 heavy (non-hydrogen) atoms. The van der Waals surface area contributed by atoms with Gasteiger partial charge in [-0.1, -0.05) is 36.4 Å². The Balaban J connectivity index is 1.71. The molecule has 1 aromatic carbocycles. The molecule has 0 aliphatic heterocycles. The van der Waals surface area contributed by atoms with Crippen molar-refractivity contribution in [2.45, 2.75) is 12.1 Å². The Morgan fingerprint density at radius 1 is 1.32 bits per heavy atom. The molecular weight excluding hydrogens is 360 g/mol. The number of thioether (sulfide) groups is 1. The van der Waals surface area contributed by atoms with Crippen molar-refractivity contribution in [2.24, 2.45) is 0 Å². The first-order chi connectivity index (χ1) is 12.2. The number of nitrogens with zero attached hydrogens (tertiary/aromatic N) is 6. The summed E-state index contributed by atoms with van der Waals surface area (Å²) in [6.45, 7) is 2.05. The standard InChI is InChI=1S/C15H13ClN8S/c1-2-25-15-21-14(22-23-15)20-12-11-7-19-24(13(11)18-8-17-12)10-5-3-4-9(16)6-10/h3-8H,2H2,1H3,(H2,17,18,20,21,22,23). The Morgan fingerprint density at radius 3 is 3.08 bits per heavy atom. The topological polar surface area (TPSA) is 97.2 Å². The molecule has 4 aromatic rings. The van der Waals surface area contributed by atoms with Gasteiger partial charge in [0.2, 0.25) is 11.1 Å². The van der Waals surface area contributed by atoms with E-state index in [1.807, 2.05) is 31.2 Å². The van der Waals surface area contributed by atoms with Gasteiger partial charge in [-0.05, 0) is 24.0 Å². The minimum atomic E-state index is 0.520. The molecule has 0 bridgehead atoms. The van der Waals surface area contributed by atoms with Gasteiger partial charge in [-0.3, -0.25) is 0 Å². The lowest BCUT2D eigenvalue weighted by molar-refractivity contribution is 0.895. The van der Waals surface area contributed by atoms with Crippen molar-refractivity contribution >= 4 is 46.2 Å². The number of aromatic nitrogens is 7. The highest BCUT2D eigenvalue weighted by molar-refractivity contribution is 7.99. The van der Waals surface area contributed by atoms with Gasteiger partial charge in [0.15, 0.2) is 5.65 Å². The summed E-state index contributed by atoms with van der Waals surface area (Å²) < 4.78 is 1.72. The third kappa shape index (κ3) is 3.15. The molecule has 2 N–H and O–H groups in total. The molecule has 3 aromatic heterocycles. The molecule has 8 nitrogen and oxygen atoms in total. The second-order valence-corrected chi connectivity index (χ2v) is 6.69. The van der Waals surface area contributed by atoms with Gasteiger partial charge in [0.05, 0.1) is 17.3 Å². The third-order valence-electron chi connectivity index (χ3n) is 3.39. The van der Waals surface area contributed by atoms with Crippen LogP contribution in [0.1, 0.15) is 6.92 Å². The smallest absolute Gasteiger partial charge is 0.225 e. The van der Waals surface area contributed by atoms with Gasteiger partial charge in [-0.2, -0.15) is 10.1 Å². The minimum Gasteiger partial charge on any atom is -0.308 e. The first kappa shape index (κ1) is 15.9. The molecular formula is C15H13ClN8S. The maximum Gasteiger partial charge on any atom is 0.225 e. The molecule has 0 amide bonds. The molecule has 0 aliphatic carbocycles. The molecule has 0 spiro atoms. The van der Waals surface area contributed by atoms with Gasteiger partial charge in [-0.15, -0.1) is 5.10 Å². The average molecular weight is 373 g/mol. The van der Waals surface area contributed by atoms with Crippen molar-refractivity contribution in [3.8, 4) is 5.69 Å². The Labute approximate surface area is 152 Å². The van der Waals surface area contributed by atoms with Crippen molar-refractivity contribution in [1.82, 2.24) is 34.9 Å². The van der Waals surface area contributed by atoms with Gasteiger partial charge in [0.1, 0.15) is 12.1 Å². The molecule has 0 fully saturated rings. The number of H-pyrrole nitrogens is 1. The maximum atomic E-state index is 6.07. The van der Waals surface area contributed by atoms with Crippen molar-refractivity contribution in [1.29, 1.82) is 0 Å². The molecule has 3 heterocycles. The minimum absolute atomic E-state index is 0.520.